The largest absolute Gasteiger partial charge is 0.364 e. The molecule has 0 atom stereocenters. The summed E-state index contributed by atoms with van der Waals surface area (Å²) >= 11 is 0. The van der Waals surface area contributed by atoms with E-state index in [0.717, 1.165) is 12.1 Å². The molecule has 4 nitrogen and oxygen atoms in total. The molecule has 26 heavy (non-hydrogen) atoms. The smallest absolute Gasteiger partial charge is 0.220 e. The lowest BCUT2D eigenvalue weighted by atomic mass is 10.0. The predicted octanol–water partition coefficient (Wildman–Crippen LogP) is 4.01. The molecule has 0 bridgehead atoms. The van der Waals surface area contributed by atoms with Crippen molar-refractivity contribution < 1.29 is 22.5 Å². The first-order chi connectivity index (χ1) is 12.5. The second kappa shape index (κ2) is 7.86. The number of nitrogens with one attached hydrogen (secondary N) is 1. The lowest BCUT2D eigenvalue weighted by Crippen LogP contribution is -2.23. The molecule has 0 saturated heterocycles. The van der Waals surface area contributed by atoms with Gasteiger partial charge in [0.2, 0.25) is 5.91 Å². The molecule has 1 amide bonds. The van der Waals surface area contributed by atoms with Crippen molar-refractivity contribution in [2.24, 2.45) is 0 Å². The molecule has 0 fully saturated rings. The highest BCUT2D eigenvalue weighted by atomic mass is 19.1. The van der Waals surface area contributed by atoms with E-state index in [2.05, 4.69) is 10.5 Å². The van der Waals surface area contributed by atoms with Gasteiger partial charge in [-0.25, -0.2) is 13.2 Å². The van der Waals surface area contributed by atoms with E-state index in [1.165, 1.54) is 18.4 Å². The standard InChI is InChI=1S/C19H15F3N2O2/c20-14-7-5-12(17(22)9-14)10-23-18(25)8-6-13-11-26-24-19(13)15-3-1-2-4-16(15)21/h1-5,7,9,11H,6,8,10H2,(H,23,25). The van der Waals surface area contributed by atoms with E-state index < -0.39 is 17.5 Å². The highest BCUT2D eigenvalue weighted by molar-refractivity contribution is 5.76. The second-order valence-corrected chi connectivity index (χ2v) is 5.68. The number of halogens is 3. The number of hydrogen-bond acceptors (Lipinski definition) is 3. The Kier molecular flexibility index (Phi) is 5.36. The van der Waals surface area contributed by atoms with Crippen LogP contribution in [0.15, 0.2) is 53.3 Å². The van der Waals surface area contributed by atoms with Gasteiger partial charge in [-0.1, -0.05) is 23.4 Å². The lowest BCUT2D eigenvalue weighted by molar-refractivity contribution is -0.121. The first kappa shape index (κ1) is 17.7. The van der Waals surface area contributed by atoms with E-state index in [1.54, 1.807) is 18.2 Å². The van der Waals surface area contributed by atoms with Gasteiger partial charge in [0.05, 0.1) is 0 Å². The van der Waals surface area contributed by atoms with Crippen molar-refractivity contribution in [3.05, 3.63) is 77.3 Å². The zero-order chi connectivity index (χ0) is 18.5. The van der Waals surface area contributed by atoms with Crippen molar-refractivity contribution in [3.63, 3.8) is 0 Å². The number of aromatic nitrogens is 1. The molecular weight excluding hydrogens is 345 g/mol. The van der Waals surface area contributed by atoms with E-state index in [4.69, 9.17) is 4.52 Å². The molecule has 0 aliphatic carbocycles. The Hall–Kier alpha value is -3.09. The van der Waals surface area contributed by atoms with Crippen LogP contribution in [0.5, 0.6) is 0 Å². The van der Waals surface area contributed by atoms with Crippen LogP contribution in [-0.2, 0) is 17.8 Å². The summed E-state index contributed by atoms with van der Waals surface area (Å²) in [5.41, 5.74) is 1.43. The average Bonchev–Trinajstić information content (AvgIpc) is 3.08. The summed E-state index contributed by atoms with van der Waals surface area (Å²) in [4.78, 5) is 12.0. The van der Waals surface area contributed by atoms with Gasteiger partial charge in [0.15, 0.2) is 0 Å². The first-order valence-electron chi connectivity index (χ1n) is 7.93. The summed E-state index contributed by atoms with van der Waals surface area (Å²) in [5, 5.41) is 6.37. The Morgan fingerprint density at radius 3 is 2.62 bits per heavy atom. The van der Waals surface area contributed by atoms with Gasteiger partial charge in [-0.2, -0.15) is 0 Å². The minimum absolute atomic E-state index is 0.0469. The Balaban J connectivity index is 1.59. The number of aryl methyl sites for hydroxylation is 1. The number of nitrogens with zero attached hydrogens (tertiary/aromatic N) is 1. The molecule has 0 radical (unpaired) electrons. The quantitative estimate of drug-likeness (QED) is 0.723. The fourth-order valence-electron chi connectivity index (χ4n) is 2.51. The topological polar surface area (TPSA) is 55.1 Å². The van der Waals surface area contributed by atoms with Gasteiger partial charge >= 0.3 is 0 Å². The number of carbonyl (C=O) groups excluding carboxylic acids is 1. The van der Waals surface area contributed by atoms with Crippen molar-refractivity contribution in [2.75, 3.05) is 0 Å². The van der Waals surface area contributed by atoms with Crippen LogP contribution >= 0.6 is 0 Å². The third-order valence-electron chi connectivity index (χ3n) is 3.88. The Bertz CT molecular complexity index is 925. The molecule has 1 aromatic heterocycles. The van der Waals surface area contributed by atoms with E-state index >= 15 is 0 Å². The molecule has 0 spiro atoms. The summed E-state index contributed by atoms with van der Waals surface area (Å²) in [6.45, 7) is -0.0469. The normalized spacial score (nSPS) is 10.7. The van der Waals surface area contributed by atoms with Gasteiger partial charge in [-0.05, 0) is 24.6 Å². The number of benzene rings is 2. The van der Waals surface area contributed by atoms with Crippen molar-refractivity contribution in [3.8, 4) is 11.3 Å². The molecule has 0 saturated carbocycles. The Morgan fingerprint density at radius 1 is 1.04 bits per heavy atom. The van der Waals surface area contributed by atoms with Crippen LogP contribution in [0.1, 0.15) is 17.5 Å². The second-order valence-electron chi connectivity index (χ2n) is 5.68. The lowest BCUT2D eigenvalue weighted by Gasteiger charge is -2.07. The molecule has 3 rings (SSSR count). The van der Waals surface area contributed by atoms with Crippen LogP contribution in [0, 0.1) is 17.5 Å². The van der Waals surface area contributed by atoms with Gasteiger partial charge in [0, 0.05) is 35.7 Å². The maximum absolute atomic E-state index is 13.9. The van der Waals surface area contributed by atoms with E-state index in [1.807, 2.05) is 0 Å². The average molecular weight is 360 g/mol. The van der Waals surface area contributed by atoms with Crippen LogP contribution in [0.25, 0.3) is 11.3 Å². The Morgan fingerprint density at radius 2 is 1.85 bits per heavy atom. The van der Waals surface area contributed by atoms with E-state index in [0.29, 0.717) is 16.8 Å². The summed E-state index contributed by atoms with van der Waals surface area (Å²) in [7, 11) is 0. The van der Waals surface area contributed by atoms with Crippen LogP contribution in [-0.4, -0.2) is 11.1 Å². The van der Waals surface area contributed by atoms with Crippen molar-refractivity contribution in [2.45, 2.75) is 19.4 Å². The van der Waals surface area contributed by atoms with Gasteiger partial charge < -0.3 is 9.84 Å². The minimum atomic E-state index is -0.717. The first-order valence-corrected chi connectivity index (χ1v) is 7.93. The highest BCUT2D eigenvalue weighted by Crippen LogP contribution is 2.25. The molecule has 2 aromatic carbocycles. The van der Waals surface area contributed by atoms with Crippen molar-refractivity contribution in [1.29, 1.82) is 0 Å². The van der Waals surface area contributed by atoms with Crippen molar-refractivity contribution in [1.82, 2.24) is 10.5 Å². The molecule has 0 unspecified atom stereocenters. The third kappa shape index (κ3) is 4.11. The maximum atomic E-state index is 13.9. The third-order valence-corrected chi connectivity index (χ3v) is 3.88. The number of carbonyl (C=O) groups is 1. The molecule has 3 aromatic rings. The number of rotatable bonds is 6. The molecule has 1 N–H and O–H groups in total. The molecular formula is C19H15F3N2O2. The summed E-state index contributed by atoms with van der Waals surface area (Å²) in [6.07, 6.45) is 1.74. The molecule has 0 aliphatic rings. The molecule has 1 heterocycles. The zero-order valence-electron chi connectivity index (χ0n) is 13.6. The van der Waals surface area contributed by atoms with Crippen LogP contribution in [0.4, 0.5) is 13.2 Å². The maximum Gasteiger partial charge on any atom is 0.220 e. The fourth-order valence-corrected chi connectivity index (χ4v) is 2.51. The summed E-state index contributed by atoms with van der Waals surface area (Å²) in [6, 6.07) is 9.32. The highest BCUT2D eigenvalue weighted by Gasteiger charge is 2.15. The van der Waals surface area contributed by atoms with Gasteiger partial charge in [0.25, 0.3) is 0 Å². The van der Waals surface area contributed by atoms with Gasteiger partial charge in [-0.15, -0.1) is 0 Å². The summed E-state index contributed by atoms with van der Waals surface area (Å²) in [5.74, 6) is -2.15. The van der Waals surface area contributed by atoms with E-state index in [9.17, 15) is 18.0 Å². The van der Waals surface area contributed by atoms with Gasteiger partial charge in [-0.3, -0.25) is 4.79 Å². The molecule has 7 heteroatoms. The van der Waals surface area contributed by atoms with Crippen LogP contribution in [0.2, 0.25) is 0 Å². The Labute approximate surface area is 147 Å². The SMILES string of the molecule is O=C(CCc1conc1-c1ccccc1F)NCc1ccc(F)cc1F. The molecule has 134 valence electrons. The zero-order valence-corrected chi connectivity index (χ0v) is 13.6. The monoisotopic (exact) mass is 360 g/mol. The number of hydrogen-bond donors (Lipinski definition) is 1. The summed E-state index contributed by atoms with van der Waals surface area (Å²) < 4.78 is 45.2. The number of amides is 1. The minimum Gasteiger partial charge on any atom is -0.364 e. The fraction of sp³-hybridized carbons (Fsp3) is 0.158. The predicted molar refractivity (Wildman–Crippen MR) is 88.4 cm³/mol. The van der Waals surface area contributed by atoms with Gasteiger partial charge in [0.1, 0.15) is 29.4 Å². The van der Waals surface area contributed by atoms with Crippen LogP contribution < -0.4 is 5.32 Å². The molecule has 0 aliphatic heterocycles. The van der Waals surface area contributed by atoms with Crippen LogP contribution in [0.3, 0.4) is 0 Å². The van der Waals surface area contributed by atoms with E-state index in [-0.39, 0.29) is 30.9 Å². The van der Waals surface area contributed by atoms with Crippen molar-refractivity contribution >= 4 is 5.91 Å².